The maximum absolute atomic E-state index is 12.1. The van der Waals surface area contributed by atoms with Gasteiger partial charge in [0.15, 0.2) is 0 Å². The summed E-state index contributed by atoms with van der Waals surface area (Å²) in [5.74, 6) is 7.99. The second-order valence-electron chi connectivity index (χ2n) is 6.38. The standard InChI is InChI=1S/C19H25N7O3S/c1-4-28-15-5-7-16(8-6-15)29-10-9-21-17(27)12-30-19-23-22-18(25(19)20)26-14(3)11-13(2)24-26/h5-8,11H,4,9-10,12,20H2,1-3H3,(H,21,27). The van der Waals surface area contributed by atoms with Crippen LogP contribution in [0.3, 0.4) is 0 Å². The number of hydrogen-bond donors (Lipinski definition) is 2. The van der Waals surface area contributed by atoms with Crippen LogP contribution in [0.4, 0.5) is 0 Å². The number of carbonyl (C=O) groups is 1. The van der Waals surface area contributed by atoms with Crippen molar-refractivity contribution in [3.05, 3.63) is 41.7 Å². The minimum absolute atomic E-state index is 0.147. The van der Waals surface area contributed by atoms with Crippen LogP contribution >= 0.6 is 11.8 Å². The molecule has 10 nitrogen and oxygen atoms in total. The molecule has 0 spiro atoms. The number of thioether (sulfide) groups is 1. The van der Waals surface area contributed by atoms with Gasteiger partial charge in [-0.15, -0.1) is 10.2 Å². The van der Waals surface area contributed by atoms with Crippen LogP contribution in [-0.4, -0.2) is 56.1 Å². The van der Waals surface area contributed by atoms with Crippen molar-refractivity contribution in [2.45, 2.75) is 25.9 Å². The summed E-state index contributed by atoms with van der Waals surface area (Å²) in [7, 11) is 0. The summed E-state index contributed by atoms with van der Waals surface area (Å²) in [6.07, 6.45) is 0. The SMILES string of the molecule is CCOc1ccc(OCCNC(=O)CSc2nnc(-n3nc(C)cc3C)n2N)cc1. The van der Waals surface area contributed by atoms with Crippen molar-refractivity contribution >= 4 is 17.7 Å². The molecule has 0 aliphatic heterocycles. The van der Waals surface area contributed by atoms with E-state index in [1.807, 2.05) is 51.1 Å². The Balaban J connectivity index is 1.41. The third kappa shape index (κ3) is 5.44. The lowest BCUT2D eigenvalue weighted by atomic mass is 10.3. The molecule has 2 heterocycles. The molecule has 3 N–H and O–H groups in total. The van der Waals surface area contributed by atoms with E-state index < -0.39 is 0 Å². The zero-order chi connectivity index (χ0) is 21.5. The molecule has 0 bridgehead atoms. The Hall–Kier alpha value is -3.21. The number of hydrogen-bond acceptors (Lipinski definition) is 8. The highest BCUT2D eigenvalue weighted by atomic mass is 32.2. The average Bonchev–Trinajstić information content (AvgIpc) is 3.25. The largest absolute Gasteiger partial charge is 0.494 e. The molecule has 0 atom stereocenters. The summed E-state index contributed by atoms with van der Waals surface area (Å²) < 4.78 is 13.9. The first-order chi connectivity index (χ1) is 14.5. The van der Waals surface area contributed by atoms with Crippen molar-refractivity contribution in [2.75, 3.05) is 31.4 Å². The highest BCUT2D eigenvalue weighted by Crippen LogP contribution is 2.18. The van der Waals surface area contributed by atoms with Gasteiger partial charge in [-0.1, -0.05) is 11.8 Å². The van der Waals surface area contributed by atoms with Crippen LogP contribution in [-0.2, 0) is 4.79 Å². The van der Waals surface area contributed by atoms with Gasteiger partial charge < -0.3 is 20.6 Å². The molecule has 0 aliphatic carbocycles. The lowest BCUT2D eigenvalue weighted by molar-refractivity contribution is -0.118. The van der Waals surface area contributed by atoms with E-state index in [-0.39, 0.29) is 11.7 Å². The number of nitrogens with one attached hydrogen (secondary N) is 1. The Morgan fingerprint density at radius 2 is 1.87 bits per heavy atom. The van der Waals surface area contributed by atoms with Crippen molar-refractivity contribution in [3.63, 3.8) is 0 Å². The molecule has 2 aromatic heterocycles. The molecule has 0 aliphatic rings. The number of carbonyl (C=O) groups excluding carboxylic acids is 1. The summed E-state index contributed by atoms with van der Waals surface area (Å²) in [6, 6.07) is 9.27. The number of nitrogen functional groups attached to an aromatic ring is 1. The number of ether oxygens (including phenoxy) is 2. The number of aryl methyl sites for hydroxylation is 2. The van der Waals surface area contributed by atoms with Crippen LogP contribution in [0.2, 0.25) is 0 Å². The van der Waals surface area contributed by atoms with Gasteiger partial charge in [0.2, 0.25) is 11.1 Å². The Morgan fingerprint density at radius 1 is 1.17 bits per heavy atom. The van der Waals surface area contributed by atoms with E-state index in [1.165, 1.54) is 16.4 Å². The fraction of sp³-hybridized carbons (Fsp3) is 0.368. The number of amides is 1. The summed E-state index contributed by atoms with van der Waals surface area (Å²) in [4.78, 5) is 12.1. The van der Waals surface area contributed by atoms with E-state index in [2.05, 4.69) is 20.6 Å². The Bertz CT molecular complexity index is 985. The summed E-state index contributed by atoms with van der Waals surface area (Å²) in [5.41, 5.74) is 1.75. The zero-order valence-electron chi connectivity index (χ0n) is 17.2. The third-order valence-corrected chi connectivity index (χ3v) is 4.95. The van der Waals surface area contributed by atoms with Crippen molar-refractivity contribution in [1.29, 1.82) is 0 Å². The minimum atomic E-state index is -0.147. The summed E-state index contributed by atoms with van der Waals surface area (Å²) in [5, 5.41) is 15.7. The lowest BCUT2D eigenvalue weighted by Crippen LogP contribution is -2.29. The van der Waals surface area contributed by atoms with Gasteiger partial charge in [-0.2, -0.15) is 5.10 Å². The van der Waals surface area contributed by atoms with Crippen LogP contribution in [0.15, 0.2) is 35.5 Å². The zero-order valence-corrected chi connectivity index (χ0v) is 18.0. The molecule has 160 valence electrons. The number of nitrogens with zero attached hydrogens (tertiary/aromatic N) is 5. The predicted molar refractivity (Wildman–Crippen MR) is 114 cm³/mol. The molecular formula is C19H25N7O3S. The van der Waals surface area contributed by atoms with Gasteiger partial charge in [0.1, 0.15) is 18.1 Å². The second-order valence-corrected chi connectivity index (χ2v) is 7.33. The quantitative estimate of drug-likeness (QED) is 0.281. The van der Waals surface area contributed by atoms with E-state index in [0.29, 0.717) is 30.9 Å². The van der Waals surface area contributed by atoms with E-state index in [1.54, 1.807) is 4.68 Å². The van der Waals surface area contributed by atoms with Crippen molar-refractivity contribution in [2.24, 2.45) is 0 Å². The average molecular weight is 432 g/mol. The molecule has 0 fully saturated rings. The minimum Gasteiger partial charge on any atom is -0.494 e. The van der Waals surface area contributed by atoms with E-state index in [4.69, 9.17) is 15.3 Å². The molecular weight excluding hydrogens is 406 g/mol. The van der Waals surface area contributed by atoms with Crippen LogP contribution in [0.1, 0.15) is 18.3 Å². The maximum Gasteiger partial charge on any atom is 0.271 e. The molecule has 30 heavy (non-hydrogen) atoms. The summed E-state index contributed by atoms with van der Waals surface area (Å²) >= 11 is 1.20. The van der Waals surface area contributed by atoms with E-state index in [0.717, 1.165) is 22.9 Å². The Kier molecular flexibility index (Phi) is 7.17. The Labute approximate surface area is 178 Å². The highest BCUT2D eigenvalue weighted by Gasteiger charge is 2.16. The maximum atomic E-state index is 12.1. The topological polar surface area (TPSA) is 122 Å². The van der Waals surface area contributed by atoms with Crippen LogP contribution in [0.25, 0.3) is 5.95 Å². The highest BCUT2D eigenvalue weighted by molar-refractivity contribution is 7.99. The smallest absolute Gasteiger partial charge is 0.271 e. The normalized spacial score (nSPS) is 10.8. The molecule has 0 unspecified atom stereocenters. The summed E-state index contributed by atoms with van der Waals surface area (Å²) in [6.45, 7) is 7.10. The van der Waals surface area contributed by atoms with Crippen molar-refractivity contribution in [1.82, 2.24) is 30.0 Å². The van der Waals surface area contributed by atoms with Gasteiger partial charge in [0.05, 0.1) is 24.6 Å². The van der Waals surface area contributed by atoms with Crippen LogP contribution in [0.5, 0.6) is 11.5 Å². The fourth-order valence-corrected chi connectivity index (χ4v) is 3.36. The number of rotatable bonds is 10. The molecule has 1 amide bonds. The number of aromatic nitrogens is 5. The fourth-order valence-electron chi connectivity index (χ4n) is 2.68. The predicted octanol–water partition coefficient (Wildman–Crippen LogP) is 1.48. The van der Waals surface area contributed by atoms with Gasteiger partial charge in [0.25, 0.3) is 5.95 Å². The lowest BCUT2D eigenvalue weighted by Gasteiger charge is -2.09. The monoisotopic (exact) mass is 431 g/mol. The van der Waals surface area contributed by atoms with Crippen LogP contribution in [0, 0.1) is 13.8 Å². The van der Waals surface area contributed by atoms with Gasteiger partial charge >= 0.3 is 0 Å². The molecule has 3 aromatic rings. The van der Waals surface area contributed by atoms with Crippen molar-refractivity contribution < 1.29 is 14.3 Å². The first-order valence-electron chi connectivity index (χ1n) is 9.47. The molecule has 11 heteroatoms. The third-order valence-electron chi connectivity index (χ3n) is 4.01. The van der Waals surface area contributed by atoms with Gasteiger partial charge in [-0.05, 0) is 51.1 Å². The van der Waals surface area contributed by atoms with E-state index >= 15 is 0 Å². The Morgan fingerprint density at radius 3 is 2.50 bits per heavy atom. The molecule has 3 rings (SSSR count). The first kappa shape index (κ1) is 21.5. The van der Waals surface area contributed by atoms with Gasteiger partial charge in [0, 0.05) is 5.69 Å². The van der Waals surface area contributed by atoms with Crippen LogP contribution < -0.4 is 20.6 Å². The molecule has 0 saturated carbocycles. The molecule has 1 aromatic carbocycles. The molecule has 0 saturated heterocycles. The number of nitrogens with two attached hydrogens (primary N) is 1. The number of benzene rings is 1. The van der Waals surface area contributed by atoms with Gasteiger partial charge in [-0.3, -0.25) is 4.79 Å². The first-order valence-corrected chi connectivity index (χ1v) is 10.5. The van der Waals surface area contributed by atoms with Gasteiger partial charge in [-0.25, -0.2) is 9.36 Å². The van der Waals surface area contributed by atoms with E-state index in [9.17, 15) is 4.79 Å². The second kappa shape index (κ2) is 10.0. The molecule has 0 radical (unpaired) electrons. The van der Waals surface area contributed by atoms with Crippen molar-refractivity contribution in [3.8, 4) is 17.4 Å².